The van der Waals surface area contributed by atoms with Crippen molar-refractivity contribution in [1.29, 1.82) is 0 Å². The second-order valence-electron chi connectivity index (χ2n) is 4.24. The molecular formula is C14H15BrFN3O. The van der Waals surface area contributed by atoms with Gasteiger partial charge in [-0.05, 0) is 29.8 Å². The van der Waals surface area contributed by atoms with Crippen LogP contribution in [0.5, 0.6) is 5.75 Å². The molecule has 5 N–H and O–H groups in total. The van der Waals surface area contributed by atoms with Gasteiger partial charge in [-0.25, -0.2) is 9.82 Å². The van der Waals surface area contributed by atoms with Gasteiger partial charge in [0.2, 0.25) is 0 Å². The van der Waals surface area contributed by atoms with E-state index in [1.807, 2.05) is 6.07 Å². The molecule has 0 aromatic heterocycles. The van der Waals surface area contributed by atoms with Crippen LogP contribution in [0.1, 0.15) is 17.2 Å². The van der Waals surface area contributed by atoms with E-state index in [4.69, 9.17) is 16.3 Å². The minimum atomic E-state index is -0.567. The van der Waals surface area contributed by atoms with Crippen molar-refractivity contribution in [2.75, 3.05) is 12.8 Å². The lowest BCUT2D eigenvalue weighted by atomic mass is 9.97. The van der Waals surface area contributed by atoms with Crippen LogP contribution < -0.4 is 21.7 Å². The molecule has 0 aliphatic carbocycles. The number of halogens is 2. The standard InChI is InChI=1S/C14H15BrFN3O/c1-20-12-4-2-3-9(13(12)16)14(19-18)10-7-8(15)5-6-11(10)17/h2-7,14,19H,17-18H2,1H3. The summed E-state index contributed by atoms with van der Waals surface area (Å²) in [6.07, 6.45) is 0. The zero-order chi connectivity index (χ0) is 14.7. The molecule has 0 bridgehead atoms. The molecule has 0 heterocycles. The van der Waals surface area contributed by atoms with Gasteiger partial charge >= 0.3 is 0 Å². The van der Waals surface area contributed by atoms with Gasteiger partial charge in [-0.3, -0.25) is 5.84 Å². The summed E-state index contributed by atoms with van der Waals surface area (Å²) in [6.45, 7) is 0. The number of nitrogens with two attached hydrogens (primary N) is 2. The third kappa shape index (κ3) is 2.77. The van der Waals surface area contributed by atoms with Crippen molar-refractivity contribution in [3.8, 4) is 5.75 Å². The van der Waals surface area contributed by atoms with Crippen LogP contribution in [0.15, 0.2) is 40.9 Å². The molecule has 1 unspecified atom stereocenters. The molecule has 1 atom stereocenters. The SMILES string of the molecule is COc1cccc(C(NN)c2cc(Br)ccc2N)c1F. The van der Waals surface area contributed by atoms with Gasteiger partial charge in [0.25, 0.3) is 0 Å². The number of benzene rings is 2. The largest absolute Gasteiger partial charge is 0.494 e. The highest BCUT2D eigenvalue weighted by Gasteiger charge is 2.21. The van der Waals surface area contributed by atoms with Gasteiger partial charge < -0.3 is 10.5 Å². The van der Waals surface area contributed by atoms with E-state index in [0.29, 0.717) is 16.8 Å². The van der Waals surface area contributed by atoms with E-state index in [-0.39, 0.29) is 5.75 Å². The Morgan fingerprint density at radius 3 is 2.65 bits per heavy atom. The van der Waals surface area contributed by atoms with E-state index >= 15 is 0 Å². The molecule has 0 amide bonds. The fraction of sp³-hybridized carbons (Fsp3) is 0.143. The van der Waals surface area contributed by atoms with Gasteiger partial charge in [-0.2, -0.15) is 0 Å². The van der Waals surface area contributed by atoms with Crippen LogP contribution in [-0.4, -0.2) is 7.11 Å². The molecule has 2 rings (SSSR count). The Labute approximate surface area is 125 Å². The van der Waals surface area contributed by atoms with Crippen molar-refractivity contribution in [3.05, 3.63) is 57.8 Å². The molecule has 0 aliphatic rings. The summed E-state index contributed by atoms with van der Waals surface area (Å²) in [5.41, 5.74) is 10.1. The van der Waals surface area contributed by atoms with Crippen LogP contribution >= 0.6 is 15.9 Å². The van der Waals surface area contributed by atoms with E-state index in [9.17, 15) is 4.39 Å². The van der Waals surface area contributed by atoms with Crippen LogP contribution in [-0.2, 0) is 0 Å². The molecule has 4 nitrogen and oxygen atoms in total. The number of anilines is 1. The lowest BCUT2D eigenvalue weighted by molar-refractivity contribution is 0.382. The Morgan fingerprint density at radius 1 is 1.25 bits per heavy atom. The summed E-state index contributed by atoms with van der Waals surface area (Å²) in [5.74, 6) is 5.29. The molecule has 0 radical (unpaired) electrons. The number of nitrogens with one attached hydrogen (secondary N) is 1. The maximum absolute atomic E-state index is 14.4. The van der Waals surface area contributed by atoms with Crippen LogP contribution in [0, 0.1) is 5.82 Å². The zero-order valence-corrected chi connectivity index (χ0v) is 12.4. The Bertz CT molecular complexity index is 621. The van der Waals surface area contributed by atoms with Crippen molar-refractivity contribution >= 4 is 21.6 Å². The second kappa shape index (κ2) is 6.21. The normalized spacial score (nSPS) is 12.2. The monoisotopic (exact) mass is 339 g/mol. The first kappa shape index (κ1) is 14.8. The van der Waals surface area contributed by atoms with E-state index in [1.54, 1.807) is 30.3 Å². The average Bonchev–Trinajstić information content (AvgIpc) is 2.45. The van der Waals surface area contributed by atoms with Crippen LogP contribution in [0.25, 0.3) is 0 Å². The van der Waals surface area contributed by atoms with Gasteiger partial charge in [-0.1, -0.05) is 28.1 Å². The first-order chi connectivity index (χ1) is 9.58. The van der Waals surface area contributed by atoms with Crippen molar-refractivity contribution < 1.29 is 9.13 Å². The summed E-state index contributed by atoms with van der Waals surface area (Å²) in [4.78, 5) is 0. The number of ether oxygens (including phenoxy) is 1. The highest BCUT2D eigenvalue weighted by atomic mass is 79.9. The molecule has 2 aromatic rings. The maximum Gasteiger partial charge on any atom is 0.170 e. The Balaban J connectivity index is 2.55. The van der Waals surface area contributed by atoms with E-state index in [2.05, 4.69) is 21.4 Å². The summed E-state index contributed by atoms with van der Waals surface area (Å²) < 4.78 is 20.2. The Morgan fingerprint density at radius 2 is 2.00 bits per heavy atom. The molecule has 6 heteroatoms. The molecule has 0 saturated carbocycles. The molecule has 0 spiro atoms. The highest BCUT2D eigenvalue weighted by molar-refractivity contribution is 9.10. The summed E-state index contributed by atoms with van der Waals surface area (Å²) in [6, 6.07) is 9.69. The van der Waals surface area contributed by atoms with Gasteiger partial charge in [0, 0.05) is 15.7 Å². The summed E-state index contributed by atoms with van der Waals surface area (Å²) in [5, 5.41) is 0. The van der Waals surface area contributed by atoms with Gasteiger partial charge in [0.1, 0.15) is 0 Å². The predicted molar refractivity (Wildman–Crippen MR) is 80.7 cm³/mol. The van der Waals surface area contributed by atoms with Crippen LogP contribution in [0.3, 0.4) is 0 Å². The van der Waals surface area contributed by atoms with Crippen molar-refractivity contribution in [2.45, 2.75) is 6.04 Å². The third-order valence-corrected chi connectivity index (χ3v) is 3.54. The quantitative estimate of drug-likeness (QED) is 0.455. The first-order valence-electron chi connectivity index (χ1n) is 5.92. The lowest BCUT2D eigenvalue weighted by Crippen LogP contribution is -2.30. The molecule has 0 fully saturated rings. The Kier molecular flexibility index (Phi) is 4.59. The Hall–Kier alpha value is -1.63. The number of rotatable bonds is 4. The fourth-order valence-electron chi connectivity index (χ4n) is 2.05. The van der Waals surface area contributed by atoms with Crippen molar-refractivity contribution in [1.82, 2.24) is 5.43 Å². The van der Waals surface area contributed by atoms with E-state index in [1.165, 1.54) is 7.11 Å². The molecule has 2 aromatic carbocycles. The maximum atomic E-state index is 14.4. The number of hydrogen-bond donors (Lipinski definition) is 3. The van der Waals surface area contributed by atoms with Gasteiger partial charge in [-0.15, -0.1) is 0 Å². The number of hydrazine groups is 1. The fourth-order valence-corrected chi connectivity index (χ4v) is 2.43. The van der Waals surface area contributed by atoms with E-state index < -0.39 is 11.9 Å². The van der Waals surface area contributed by atoms with Crippen LogP contribution in [0.4, 0.5) is 10.1 Å². The molecule has 0 aliphatic heterocycles. The topological polar surface area (TPSA) is 73.3 Å². The van der Waals surface area contributed by atoms with E-state index in [0.717, 1.165) is 4.47 Å². The lowest BCUT2D eigenvalue weighted by Gasteiger charge is -2.20. The molecule has 0 saturated heterocycles. The molecular weight excluding hydrogens is 325 g/mol. The molecule has 106 valence electrons. The first-order valence-corrected chi connectivity index (χ1v) is 6.71. The third-order valence-electron chi connectivity index (χ3n) is 3.05. The zero-order valence-electron chi connectivity index (χ0n) is 10.9. The molecule has 20 heavy (non-hydrogen) atoms. The number of nitrogen functional groups attached to an aromatic ring is 1. The van der Waals surface area contributed by atoms with Gasteiger partial charge in [0.05, 0.1) is 13.2 Å². The highest BCUT2D eigenvalue weighted by Crippen LogP contribution is 2.32. The van der Waals surface area contributed by atoms with Crippen molar-refractivity contribution in [3.63, 3.8) is 0 Å². The predicted octanol–water partition coefficient (Wildman–Crippen LogP) is 2.73. The number of methoxy groups -OCH3 is 1. The minimum Gasteiger partial charge on any atom is -0.494 e. The second-order valence-corrected chi connectivity index (χ2v) is 5.15. The smallest absolute Gasteiger partial charge is 0.170 e. The van der Waals surface area contributed by atoms with Crippen LogP contribution in [0.2, 0.25) is 0 Å². The summed E-state index contributed by atoms with van der Waals surface area (Å²) in [7, 11) is 1.42. The van der Waals surface area contributed by atoms with Crippen molar-refractivity contribution in [2.24, 2.45) is 5.84 Å². The van der Waals surface area contributed by atoms with Gasteiger partial charge in [0.15, 0.2) is 11.6 Å². The summed E-state index contributed by atoms with van der Waals surface area (Å²) >= 11 is 3.37. The number of hydrogen-bond acceptors (Lipinski definition) is 4. The minimum absolute atomic E-state index is 0.163. The average molecular weight is 340 g/mol.